The lowest BCUT2D eigenvalue weighted by Crippen LogP contribution is -2.47. The van der Waals surface area contributed by atoms with Crippen LogP contribution >= 0.6 is 35.8 Å². The van der Waals surface area contributed by atoms with Crippen LogP contribution in [0.2, 0.25) is 5.02 Å². The standard InChI is InChI=1S/C37H39ClFN7O2S.ClH/c1-43-22-29(21-41-43)20-32-24-46(37(42-36(32)48)49-26-28-4-12-34(39)13-5-28)25-35(47)45(19-18-44-16-14-40-15-17-44)23-27-2-6-30(7-3-27)31-8-10-33(38)11-9-31;/h2-13,21-22,24,40H,14-20,23,25-26H2,1H3;1H. The Morgan fingerprint density at radius 2 is 1.60 bits per heavy atom. The summed E-state index contributed by atoms with van der Waals surface area (Å²) < 4.78 is 17.0. The second kappa shape index (κ2) is 17.8. The fourth-order valence-electron chi connectivity index (χ4n) is 5.78. The highest BCUT2D eigenvalue weighted by Gasteiger charge is 2.20. The van der Waals surface area contributed by atoms with Gasteiger partial charge in [0, 0.05) is 88.0 Å². The van der Waals surface area contributed by atoms with Crippen molar-refractivity contribution in [3.8, 4) is 11.1 Å². The minimum absolute atomic E-state index is 0. The zero-order valence-corrected chi connectivity index (χ0v) is 30.2. The molecule has 3 heterocycles. The number of benzene rings is 3. The maximum atomic E-state index is 14.2. The molecule has 0 atom stereocenters. The number of aryl methyl sites for hydroxylation is 1. The van der Waals surface area contributed by atoms with E-state index in [0.29, 0.717) is 41.0 Å². The summed E-state index contributed by atoms with van der Waals surface area (Å²) in [4.78, 5) is 36.2. The summed E-state index contributed by atoms with van der Waals surface area (Å²) in [5.41, 5.74) is 5.07. The average Bonchev–Trinajstić information content (AvgIpc) is 3.53. The van der Waals surface area contributed by atoms with Crippen molar-refractivity contribution < 1.29 is 9.18 Å². The van der Waals surface area contributed by atoms with E-state index in [1.165, 1.54) is 23.9 Å². The Bertz CT molecular complexity index is 1910. The van der Waals surface area contributed by atoms with Crippen LogP contribution in [0.1, 0.15) is 22.3 Å². The van der Waals surface area contributed by atoms with E-state index in [0.717, 1.165) is 60.5 Å². The first-order valence-corrected chi connectivity index (χ1v) is 17.7. The molecular formula is C37H40Cl2FN7O2S. The van der Waals surface area contributed by atoms with E-state index in [1.807, 2.05) is 42.4 Å². The summed E-state index contributed by atoms with van der Waals surface area (Å²) in [6, 6.07) is 22.2. The van der Waals surface area contributed by atoms with E-state index < -0.39 is 0 Å². The zero-order valence-electron chi connectivity index (χ0n) is 27.8. The van der Waals surface area contributed by atoms with Gasteiger partial charge in [-0.2, -0.15) is 10.1 Å². The molecule has 0 radical (unpaired) electrons. The summed E-state index contributed by atoms with van der Waals surface area (Å²) >= 11 is 7.44. The number of carbonyl (C=O) groups is 1. The maximum absolute atomic E-state index is 14.2. The Balaban J connectivity index is 0.00000486. The molecular weight excluding hydrogens is 696 g/mol. The van der Waals surface area contributed by atoms with Crippen LogP contribution in [0.25, 0.3) is 11.1 Å². The van der Waals surface area contributed by atoms with Gasteiger partial charge >= 0.3 is 0 Å². The van der Waals surface area contributed by atoms with Gasteiger partial charge in [-0.05, 0) is 52.1 Å². The molecule has 1 aliphatic heterocycles. The largest absolute Gasteiger partial charge is 0.336 e. The third-order valence-electron chi connectivity index (χ3n) is 8.52. The fourth-order valence-corrected chi connectivity index (χ4v) is 6.83. The molecule has 0 unspecified atom stereocenters. The molecule has 1 N–H and O–H groups in total. The van der Waals surface area contributed by atoms with Crippen LogP contribution in [0.4, 0.5) is 4.39 Å². The molecule has 1 fully saturated rings. The zero-order chi connectivity index (χ0) is 34.2. The smallest absolute Gasteiger partial charge is 0.277 e. The van der Waals surface area contributed by atoms with Crippen molar-refractivity contribution in [2.75, 3.05) is 39.3 Å². The van der Waals surface area contributed by atoms with Gasteiger partial charge < -0.3 is 14.8 Å². The number of aromatic nitrogens is 4. The first-order valence-electron chi connectivity index (χ1n) is 16.3. The lowest BCUT2D eigenvalue weighted by Gasteiger charge is -2.31. The molecule has 5 aromatic rings. The number of piperazine rings is 1. The summed E-state index contributed by atoms with van der Waals surface area (Å²) in [6.45, 7) is 5.51. The van der Waals surface area contributed by atoms with Gasteiger partial charge in [-0.25, -0.2) is 4.39 Å². The second-order valence-corrected chi connectivity index (χ2v) is 13.6. The quantitative estimate of drug-likeness (QED) is 0.123. The van der Waals surface area contributed by atoms with Gasteiger partial charge in [0.05, 0.1) is 6.20 Å². The lowest BCUT2D eigenvalue weighted by molar-refractivity contribution is -0.132. The number of thioether (sulfide) groups is 1. The van der Waals surface area contributed by atoms with Gasteiger partial charge in [0.2, 0.25) is 5.91 Å². The van der Waals surface area contributed by atoms with Crippen LogP contribution in [-0.4, -0.2) is 74.3 Å². The summed E-state index contributed by atoms with van der Waals surface area (Å²) in [5, 5.41) is 8.75. The lowest BCUT2D eigenvalue weighted by atomic mass is 10.0. The third kappa shape index (κ3) is 10.3. The molecule has 3 aromatic carbocycles. The third-order valence-corrected chi connectivity index (χ3v) is 9.84. The molecule has 50 heavy (non-hydrogen) atoms. The van der Waals surface area contributed by atoms with Gasteiger partial charge in [-0.3, -0.25) is 19.2 Å². The van der Waals surface area contributed by atoms with Crippen LogP contribution in [-0.2, 0) is 37.1 Å². The molecule has 1 saturated heterocycles. The van der Waals surface area contributed by atoms with Crippen molar-refractivity contribution in [3.05, 3.63) is 135 Å². The van der Waals surface area contributed by atoms with E-state index in [4.69, 9.17) is 11.6 Å². The van der Waals surface area contributed by atoms with Gasteiger partial charge in [-0.15, -0.1) is 12.4 Å². The van der Waals surface area contributed by atoms with Crippen LogP contribution in [0.5, 0.6) is 0 Å². The molecule has 0 bridgehead atoms. The van der Waals surface area contributed by atoms with E-state index in [1.54, 1.807) is 33.8 Å². The molecule has 6 rings (SSSR count). The highest BCUT2D eigenvalue weighted by atomic mass is 35.5. The van der Waals surface area contributed by atoms with Crippen molar-refractivity contribution in [2.24, 2.45) is 7.05 Å². The molecule has 2 aromatic heterocycles. The number of halogens is 3. The Morgan fingerprint density at radius 3 is 2.26 bits per heavy atom. The number of nitrogens with one attached hydrogen (secondary N) is 1. The first kappa shape index (κ1) is 37.3. The van der Waals surface area contributed by atoms with Crippen molar-refractivity contribution in [1.82, 2.24) is 34.4 Å². The predicted molar refractivity (Wildman–Crippen MR) is 199 cm³/mol. The van der Waals surface area contributed by atoms with Gasteiger partial charge in [0.1, 0.15) is 12.4 Å². The van der Waals surface area contributed by atoms with Crippen LogP contribution in [0, 0.1) is 5.82 Å². The predicted octanol–water partition coefficient (Wildman–Crippen LogP) is 5.68. The van der Waals surface area contributed by atoms with Crippen LogP contribution in [0.15, 0.2) is 101 Å². The number of amides is 1. The van der Waals surface area contributed by atoms with Gasteiger partial charge in [-0.1, -0.05) is 71.9 Å². The van der Waals surface area contributed by atoms with Crippen LogP contribution < -0.4 is 10.9 Å². The number of carbonyl (C=O) groups excluding carboxylic acids is 1. The minimum Gasteiger partial charge on any atom is -0.336 e. The second-order valence-electron chi connectivity index (χ2n) is 12.2. The number of rotatable bonds is 13. The monoisotopic (exact) mass is 735 g/mol. The van der Waals surface area contributed by atoms with E-state index in [9.17, 15) is 14.0 Å². The van der Waals surface area contributed by atoms with Gasteiger partial charge in [0.25, 0.3) is 5.56 Å². The Morgan fingerprint density at radius 1 is 0.940 bits per heavy atom. The Labute approximate surface area is 306 Å². The normalized spacial score (nSPS) is 13.2. The van der Waals surface area contributed by atoms with Crippen molar-refractivity contribution in [2.45, 2.75) is 30.4 Å². The van der Waals surface area contributed by atoms with E-state index >= 15 is 0 Å². The molecule has 0 aliphatic carbocycles. The van der Waals surface area contributed by atoms with Crippen molar-refractivity contribution in [3.63, 3.8) is 0 Å². The summed E-state index contributed by atoms with van der Waals surface area (Å²) in [7, 11) is 1.83. The highest BCUT2D eigenvalue weighted by Crippen LogP contribution is 2.24. The molecule has 0 spiro atoms. The Kier molecular flexibility index (Phi) is 13.2. The molecule has 262 valence electrons. The SMILES string of the molecule is Cl.Cn1cc(Cc2cn(CC(=O)N(CCN3CCNCC3)Cc3ccc(-c4ccc(Cl)cc4)cc3)c(SCc3ccc(F)cc3)nc2=O)cn1. The number of nitrogens with zero attached hydrogens (tertiary/aromatic N) is 6. The van der Waals surface area contributed by atoms with Crippen LogP contribution in [0.3, 0.4) is 0 Å². The molecule has 13 heteroatoms. The van der Waals surface area contributed by atoms with Crippen molar-refractivity contribution in [1.29, 1.82) is 0 Å². The van der Waals surface area contributed by atoms with E-state index in [-0.39, 0.29) is 36.2 Å². The van der Waals surface area contributed by atoms with E-state index in [2.05, 4.69) is 44.6 Å². The fraction of sp³-hybridized carbons (Fsp3) is 0.297. The van der Waals surface area contributed by atoms with Crippen molar-refractivity contribution >= 4 is 41.7 Å². The highest BCUT2D eigenvalue weighted by molar-refractivity contribution is 7.98. The molecule has 1 amide bonds. The number of hydrogen-bond donors (Lipinski definition) is 1. The molecule has 0 saturated carbocycles. The molecule has 9 nitrogen and oxygen atoms in total. The minimum atomic E-state index is -0.342. The summed E-state index contributed by atoms with van der Waals surface area (Å²) in [5.74, 6) is 0.0863. The Hall–Kier alpha value is -4.00. The molecule has 1 aliphatic rings. The summed E-state index contributed by atoms with van der Waals surface area (Å²) in [6.07, 6.45) is 5.69. The topological polar surface area (TPSA) is 88.3 Å². The van der Waals surface area contributed by atoms with Gasteiger partial charge in [0.15, 0.2) is 5.16 Å². The maximum Gasteiger partial charge on any atom is 0.277 e. The number of hydrogen-bond acceptors (Lipinski definition) is 7. The first-order chi connectivity index (χ1) is 23.8. The average molecular weight is 737 g/mol.